The molecule has 0 N–H and O–H groups in total. The van der Waals surface area contributed by atoms with Crippen LogP contribution in [0.15, 0.2) is 30.3 Å². The average molecular weight is 294 g/mol. The molecule has 0 amide bonds. The van der Waals surface area contributed by atoms with Crippen molar-refractivity contribution in [2.45, 2.75) is 0 Å². The van der Waals surface area contributed by atoms with E-state index in [0.717, 1.165) is 6.07 Å². The molecule has 2 aromatic carbocycles. The summed E-state index contributed by atoms with van der Waals surface area (Å²) in [6.45, 7) is -5.07. The van der Waals surface area contributed by atoms with E-state index in [1.165, 1.54) is 26.4 Å². The van der Waals surface area contributed by atoms with Crippen LogP contribution in [-0.4, -0.2) is 21.2 Å². The van der Waals surface area contributed by atoms with Crippen molar-refractivity contribution in [2.75, 3.05) is 14.2 Å². The van der Waals surface area contributed by atoms with Crippen molar-refractivity contribution in [3.8, 4) is 11.5 Å². The Bertz CT molecular complexity index is 587. The molecule has 0 saturated heterocycles. The van der Waals surface area contributed by atoms with Gasteiger partial charge in [-0.25, -0.2) is 0 Å². The second-order valence-corrected chi connectivity index (χ2v) is 3.84. The third-order valence-corrected chi connectivity index (χ3v) is 2.79. The summed E-state index contributed by atoms with van der Waals surface area (Å²) in [7, 11) is 2.84. The standard InChI is InChI=1S/C12H11BF3O2.K/c1-17-8-3-4-9-10(7-8)11(13(14,15)16)5-6-12(9)18-2;/h3-7H,1-2H3;/q-1;+1. The van der Waals surface area contributed by atoms with E-state index in [2.05, 4.69) is 0 Å². The van der Waals surface area contributed by atoms with Gasteiger partial charge in [-0.3, -0.25) is 0 Å². The minimum absolute atomic E-state index is 0. The maximum absolute atomic E-state index is 13.0. The van der Waals surface area contributed by atoms with E-state index in [1.807, 2.05) is 0 Å². The number of ether oxygens (including phenoxy) is 2. The molecule has 0 saturated carbocycles. The zero-order valence-corrected chi connectivity index (χ0v) is 14.0. The van der Waals surface area contributed by atoms with Crippen LogP contribution in [0, 0.1) is 0 Å². The smallest absolute Gasteiger partial charge is 0.497 e. The Morgan fingerprint density at radius 2 is 1.58 bits per heavy atom. The van der Waals surface area contributed by atoms with Crippen LogP contribution in [0.2, 0.25) is 0 Å². The van der Waals surface area contributed by atoms with E-state index in [4.69, 9.17) is 9.47 Å². The largest absolute Gasteiger partial charge is 1.00 e. The van der Waals surface area contributed by atoms with Crippen LogP contribution in [0.5, 0.6) is 11.5 Å². The Labute approximate surface area is 151 Å². The molecule has 0 spiro atoms. The van der Waals surface area contributed by atoms with Gasteiger partial charge in [0.05, 0.1) is 14.2 Å². The molecule has 19 heavy (non-hydrogen) atoms. The van der Waals surface area contributed by atoms with E-state index in [-0.39, 0.29) is 56.8 Å². The van der Waals surface area contributed by atoms with Crippen molar-refractivity contribution >= 4 is 23.2 Å². The van der Waals surface area contributed by atoms with Gasteiger partial charge < -0.3 is 22.4 Å². The first-order valence-electron chi connectivity index (χ1n) is 5.32. The molecule has 0 bridgehead atoms. The molecule has 0 aliphatic heterocycles. The summed E-state index contributed by atoms with van der Waals surface area (Å²) >= 11 is 0. The van der Waals surface area contributed by atoms with Crippen molar-refractivity contribution in [3.05, 3.63) is 30.3 Å². The summed E-state index contributed by atoms with van der Waals surface area (Å²) in [4.78, 5) is 0. The number of hydrogen-bond donors (Lipinski definition) is 0. The molecule has 2 rings (SSSR count). The second-order valence-electron chi connectivity index (χ2n) is 3.84. The zero-order chi connectivity index (χ0) is 13.3. The summed E-state index contributed by atoms with van der Waals surface area (Å²) in [5.74, 6) is 0.800. The van der Waals surface area contributed by atoms with Crippen molar-refractivity contribution in [3.63, 3.8) is 0 Å². The molecule has 0 unspecified atom stereocenters. The first-order valence-corrected chi connectivity index (χ1v) is 5.32. The Balaban J connectivity index is 0.00000180. The van der Waals surface area contributed by atoms with E-state index < -0.39 is 12.4 Å². The third-order valence-electron chi connectivity index (χ3n) is 2.79. The van der Waals surface area contributed by atoms with Gasteiger partial charge in [-0.05, 0) is 29.7 Å². The maximum atomic E-state index is 13.0. The van der Waals surface area contributed by atoms with Gasteiger partial charge in [0.25, 0.3) is 0 Å². The molecule has 0 aliphatic carbocycles. The fraction of sp³-hybridized carbons (Fsp3) is 0.167. The van der Waals surface area contributed by atoms with Crippen LogP contribution in [0.3, 0.4) is 0 Å². The number of hydrogen-bond acceptors (Lipinski definition) is 2. The number of methoxy groups -OCH3 is 2. The van der Waals surface area contributed by atoms with E-state index in [0.29, 0.717) is 16.9 Å². The van der Waals surface area contributed by atoms with Crippen LogP contribution < -0.4 is 66.3 Å². The van der Waals surface area contributed by atoms with Crippen molar-refractivity contribution < 1.29 is 73.8 Å². The predicted molar refractivity (Wildman–Crippen MR) is 65.8 cm³/mol. The van der Waals surface area contributed by atoms with Gasteiger partial charge in [0, 0.05) is 5.39 Å². The van der Waals surface area contributed by atoms with Crippen molar-refractivity contribution in [2.24, 2.45) is 0 Å². The van der Waals surface area contributed by atoms with E-state index in [9.17, 15) is 12.9 Å². The molecule has 0 heterocycles. The second kappa shape index (κ2) is 6.49. The predicted octanol–water partition coefficient (Wildman–Crippen LogP) is -0.0846. The number of rotatable bonds is 3. The van der Waals surface area contributed by atoms with Gasteiger partial charge >= 0.3 is 58.4 Å². The first kappa shape index (κ1) is 16.8. The zero-order valence-electron chi connectivity index (χ0n) is 10.9. The molecule has 2 nitrogen and oxygen atoms in total. The molecule has 96 valence electrons. The Morgan fingerprint density at radius 3 is 2.11 bits per heavy atom. The van der Waals surface area contributed by atoms with Crippen LogP contribution >= 0.6 is 0 Å². The van der Waals surface area contributed by atoms with E-state index in [1.54, 1.807) is 12.1 Å². The summed E-state index contributed by atoms with van der Waals surface area (Å²) in [6.07, 6.45) is 0. The normalized spacial score (nSPS) is 11.0. The van der Waals surface area contributed by atoms with Gasteiger partial charge in [-0.2, -0.15) is 0 Å². The quantitative estimate of drug-likeness (QED) is 0.737. The summed E-state index contributed by atoms with van der Waals surface area (Å²) in [5.41, 5.74) is -0.635. The summed E-state index contributed by atoms with van der Waals surface area (Å²) in [6, 6.07) is 6.93. The fourth-order valence-electron chi connectivity index (χ4n) is 1.91. The van der Waals surface area contributed by atoms with Gasteiger partial charge in [-0.15, -0.1) is 5.46 Å². The Morgan fingerprint density at radius 1 is 0.895 bits per heavy atom. The Hall–Kier alpha value is -0.209. The van der Waals surface area contributed by atoms with E-state index >= 15 is 0 Å². The molecule has 7 heteroatoms. The van der Waals surface area contributed by atoms with Gasteiger partial charge in [-0.1, -0.05) is 6.07 Å². The van der Waals surface area contributed by atoms with Gasteiger partial charge in [0.1, 0.15) is 11.5 Å². The van der Waals surface area contributed by atoms with Crippen molar-refractivity contribution in [1.29, 1.82) is 0 Å². The van der Waals surface area contributed by atoms with Gasteiger partial charge in [0.15, 0.2) is 0 Å². The molecular weight excluding hydrogens is 283 g/mol. The number of fused-ring (bicyclic) bond motifs is 1. The van der Waals surface area contributed by atoms with Crippen LogP contribution in [-0.2, 0) is 0 Å². The molecule has 2 aromatic rings. The fourth-order valence-corrected chi connectivity index (χ4v) is 1.91. The van der Waals surface area contributed by atoms with Crippen LogP contribution in [0.4, 0.5) is 12.9 Å². The third kappa shape index (κ3) is 3.46. The summed E-state index contributed by atoms with van der Waals surface area (Å²) < 4.78 is 48.9. The van der Waals surface area contributed by atoms with Crippen LogP contribution in [0.25, 0.3) is 10.8 Å². The number of halogens is 3. The van der Waals surface area contributed by atoms with Crippen molar-refractivity contribution in [1.82, 2.24) is 0 Å². The average Bonchev–Trinajstić information content (AvgIpc) is 2.35. The number of benzene rings is 2. The maximum Gasteiger partial charge on any atom is 1.00 e. The van der Waals surface area contributed by atoms with Gasteiger partial charge in [0.2, 0.25) is 0 Å². The molecule has 0 fully saturated rings. The molecule has 0 atom stereocenters. The molecule has 0 radical (unpaired) electrons. The van der Waals surface area contributed by atoms with Crippen LogP contribution in [0.1, 0.15) is 0 Å². The Kier molecular flexibility index (Phi) is 5.76. The topological polar surface area (TPSA) is 18.5 Å². The molecule has 0 aliphatic rings. The minimum atomic E-state index is -5.07. The monoisotopic (exact) mass is 294 g/mol. The SMILES string of the molecule is COc1ccc2c(OC)ccc([B-](F)(F)F)c2c1.[K+]. The minimum Gasteiger partial charge on any atom is -0.497 e. The molecule has 0 aromatic heterocycles. The molecular formula is C12H11BF3KO2. The summed E-state index contributed by atoms with van der Waals surface area (Å²) in [5, 5.41) is 0.524. The first-order chi connectivity index (χ1) is 8.47.